The van der Waals surface area contributed by atoms with E-state index in [2.05, 4.69) is 36.5 Å². The van der Waals surface area contributed by atoms with Gasteiger partial charge in [-0.1, -0.05) is 18.2 Å². The van der Waals surface area contributed by atoms with Gasteiger partial charge in [0.1, 0.15) is 5.82 Å². The van der Waals surface area contributed by atoms with E-state index in [1.54, 1.807) is 0 Å². The van der Waals surface area contributed by atoms with Crippen LogP contribution in [0.1, 0.15) is 25.3 Å². The monoisotopic (exact) mass is 302 g/mol. The van der Waals surface area contributed by atoms with Crippen molar-refractivity contribution in [1.82, 2.24) is 4.98 Å². The maximum atomic E-state index is 5.43. The molecular formula is C17H22N2OS. The number of fused-ring (bicyclic) bond motifs is 1. The van der Waals surface area contributed by atoms with Gasteiger partial charge >= 0.3 is 0 Å². The molecule has 0 aliphatic carbocycles. The number of nitrogens with zero attached hydrogens (tertiary/aromatic N) is 1. The van der Waals surface area contributed by atoms with E-state index in [0.29, 0.717) is 0 Å². The molecule has 112 valence electrons. The number of rotatable bonds is 5. The van der Waals surface area contributed by atoms with Gasteiger partial charge in [0.25, 0.3) is 0 Å². The molecule has 1 fully saturated rings. The van der Waals surface area contributed by atoms with Gasteiger partial charge in [-0.05, 0) is 31.9 Å². The lowest BCUT2D eigenvalue weighted by Crippen LogP contribution is -2.17. The zero-order chi connectivity index (χ0) is 14.5. The SMILES string of the molecule is CCNc1nc2ccccc2cc1CSC1CCOCC1. The summed E-state index contributed by atoms with van der Waals surface area (Å²) < 4.78 is 5.43. The van der Waals surface area contributed by atoms with Crippen LogP contribution in [0.15, 0.2) is 30.3 Å². The minimum absolute atomic E-state index is 0.722. The van der Waals surface area contributed by atoms with Crippen LogP contribution in [-0.4, -0.2) is 30.0 Å². The number of pyridine rings is 1. The number of anilines is 1. The van der Waals surface area contributed by atoms with Gasteiger partial charge in [0, 0.05) is 41.7 Å². The lowest BCUT2D eigenvalue weighted by molar-refractivity contribution is 0.1000. The molecular weight excluding hydrogens is 280 g/mol. The molecule has 1 aliphatic rings. The molecule has 1 N–H and O–H groups in total. The van der Waals surface area contributed by atoms with Crippen LogP contribution in [0.5, 0.6) is 0 Å². The normalized spacial score (nSPS) is 16.2. The molecule has 21 heavy (non-hydrogen) atoms. The van der Waals surface area contributed by atoms with Crippen molar-refractivity contribution in [2.24, 2.45) is 0 Å². The fourth-order valence-electron chi connectivity index (χ4n) is 2.64. The molecule has 4 heteroatoms. The Balaban J connectivity index is 1.79. The average molecular weight is 302 g/mol. The molecule has 2 heterocycles. The summed E-state index contributed by atoms with van der Waals surface area (Å²) in [5.41, 5.74) is 2.38. The minimum atomic E-state index is 0.722. The smallest absolute Gasteiger partial charge is 0.130 e. The molecule has 0 bridgehead atoms. The molecule has 0 unspecified atom stereocenters. The zero-order valence-electron chi connectivity index (χ0n) is 12.5. The second kappa shape index (κ2) is 7.14. The number of benzene rings is 1. The first kappa shape index (κ1) is 14.7. The van der Waals surface area contributed by atoms with Gasteiger partial charge in [0.05, 0.1) is 5.52 Å². The molecule has 2 aromatic rings. The summed E-state index contributed by atoms with van der Waals surface area (Å²) in [4.78, 5) is 4.78. The van der Waals surface area contributed by atoms with E-state index in [1.807, 2.05) is 17.8 Å². The van der Waals surface area contributed by atoms with Crippen molar-refractivity contribution >= 4 is 28.5 Å². The van der Waals surface area contributed by atoms with Gasteiger partial charge in [-0.25, -0.2) is 4.98 Å². The van der Waals surface area contributed by atoms with Crippen LogP contribution in [-0.2, 0) is 10.5 Å². The number of nitrogens with one attached hydrogen (secondary N) is 1. The van der Waals surface area contributed by atoms with Crippen LogP contribution in [0.25, 0.3) is 10.9 Å². The second-order valence-electron chi connectivity index (χ2n) is 5.34. The fraction of sp³-hybridized carbons (Fsp3) is 0.471. The van der Waals surface area contributed by atoms with Gasteiger partial charge in [-0.3, -0.25) is 0 Å². The van der Waals surface area contributed by atoms with Crippen LogP contribution in [0.4, 0.5) is 5.82 Å². The van der Waals surface area contributed by atoms with Crippen molar-refractivity contribution in [3.05, 3.63) is 35.9 Å². The van der Waals surface area contributed by atoms with Crippen LogP contribution in [0, 0.1) is 0 Å². The molecule has 0 radical (unpaired) electrons. The summed E-state index contributed by atoms with van der Waals surface area (Å²) in [6.07, 6.45) is 2.34. The van der Waals surface area contributed by atoms with E-state index in [0.717, 1.165) is 42.1 Å². The van der Waals surface area contributed by atoms with Crippen molar-refractivity contribution in [2.45, 2.75) is 30.8 Å². The molecule has 1 aromatic heterocycles. The number of para-hydroxylation sites is 1. The van der Waals surface area contributed by atoms with Crippen LogP contribution >= 0.6 is 11.8 Å². The number of hydrogen-bond donors (Lipinski definition) is 1. The molecule has 3 nitrogen and oxygen atoms in total. The number of thioether (sulfide) groups is 1. The topological polar surface area (TPSA) is 34.2 Å². The van der Waals surface area contributed by atoms with Crippen LogP contribution in [0.3, 0.4) is 0 Å². The standard InChI is InChI=1S/C17H22N2OS/c1-2-18-17-14(12-21-15-7-9-20-10-8-15)11-13-5-3-4-6-16(13)19-17/h3-6,11,15H,2,7-10,12H2,1H3,(H,18,19). The van der Waals surface area contributed by atoms with E-state index in [-0.39, 0.29) is 0 Å². The first-order valence-corrected chi connectivity index (χ1v) is 8.73. The van der Waals surface area contributed by atoms with Crippen molar-refractivity contribution in [3.8, 4) is 0 Å². The largest absolute Gasteiger partial charge is 0.381 e. The van der Waals surface area contributed by atoms with Crippen molar-refractivity contribution < 1.29 is 4.74 Å². The quantitative estimate of drug-likeness (QED) is 0.902. The van der Waals surface area contributed by atoms with Crippen LogP contribution < -0.4 is 5.32 Å². The highest BCUT2D eigenvalue weighted by Gasteiger charge is 2.15. The highest BCUT2D eigenvalue weighted by molar-refractivity contribution is 7.99. The summed E-state index contributed by atoms with van der Waals surface area (Å²) in [5, 5.41) is 5.35. The van der Waals surface area contributed by atoms with E-state index >= 15 is 0 Å². The molecule has 1 aromatic carbocycles. The number of aromatic nitrogens is 1. The maximum absolute atomic E-state index is 5.43. The Morgan fingerprint density at radius 3 is 2.90 bits per heavy atom. The van der Waals surface area contributed by atoms with Gasteiger partial charge < -0.3 is 10.1 Å². The molecule has 0 atom stereocenters. The van der Waals surface area contributed by atoms with Gasteiger partial charge in [0.2, 0.25) is 0 Å². The predicted molar refractivity (Wildman–Crippen MR) is 91.0 cm³/mol. The lowest BCUT2D eigenvalue weighted by atomic mass is 10.1. The van der Waals surface area contributed by atoms with E-state index in [1.165, 1.54) is 23.8 Å². The molecule has 3 rings (SSSR count). The van der Waals surface area contributed by atoms with Gasteiger partial charge in [-0.15, -0.1) is 0 Å². The zero-order valence-corrected chi connectivity index (χ0v) is 13.3. The maximum Gasteiger partial charge on any atom is 0.130 e. The first-order valence-electron chi connectivity index (χ1n) is 7.68. The Labute approximate surface area is 130 Å². The van der Waals surface area contributed by atoms with Crippen molar-refractivity contribution in [3.63, 3.8) is 0 Å². The predicted octanol–water partition coefficient (Wildman–Crippen LogP) is 4.08. The van der Waals surface area contributed by atoms with E-state index in [9.17, 15) is 0 Å². The molecule has 0 amide bonds. The summed E-state index contributed by atoms with van der Waals surface area (Å²) >= 11 is 2.04. The molecule has 0 saturated carbocycles. The fourth-order valence-corrected chi connectivity index (χ4v) is 3.80. The Morgan fingerprint density at radius 2 is 2.10 bits per heavy atom. The van der Waals surface area contributed by atoms with E-state index in [4.69, 9.17) is 9.72 Å². The second-order valence-corrected chi connectivity index (χ2v) is 6.63. The molecule has 0 spiro atoms. The Bertz CT molecular complexity index is 596. The molecule has 1 aliphatic heterocycles. The van der Waals surface area contributed by atoms with Crippen molar-refractivity contribution in [1.29, 1.82) is 0 Å². The summed E-state index contributed by atoms with van der Waals surface area (Å²) in [5.74, 6) is 2.06. The van der Waals surface area contributed by atoms with Gasteiger partial charge in [-0.2, -0.15) is 11.8 Å². The van der Waals surface area contributed by atoms with Crippen LogP contribution in [0.2, 0.25) is 0 Å². The first-order chi connectivity index (χ1) is 10.4. The Kier molecular flexibility index (Phi) is 4.99. The van der Waals surface area contributed by atoms with Crippen molar-refractivity contribution in [2.75, 3.05) is 25.1 Å². The van der Waals surface area contributed by atoms with Gasteiger partial charge in [0.15, 0.2) is 0 Å². The Hall–Kier alpha value is -1.26. The lowest BCUT2D eigenvalue weighted by Gasteiger charge is -2.22. The number of hydrogen-bond acceptors (Lipinski definition) is 4. The molecule has 1 saturated heterocycles. The third-order valence-corrected chi connectivity index (χ3v) is 5.21. The highest BCUT2D eigenvalue weighted by Crippen LogP contribution is 2.29. The summed E-state index contributed by atoms with van der Waals surface area (Å²) in [6.45, 7) is 4.84. The Morgan fingerprint density at radius 1 is 1.29 bits per heavy atom. The highest BCUT2D eigenvalue weighted by atomic mass is 32.2. The van der Waals surface area contributed by atoms with E-state index < -0.39 is 0 Å². The summed E-state index contributed by atoms with van der Waals surface area (Å²) in [6, 6.07) is 10.6. The summed E-state index contributed by atoms with van der Waals surface area (Å²) in [7, 11) is 0. The minimum Gasteiger partial charge on any atom is -0.381 e. The average Bonchev–Trinajstić information content (AvgIpc) is 2.54. The third kappa shape index (κ3) is 3.69. The number of ether oxygens (including phenoxy) is 1. The third-order valence-electron chi connectivity index (χ3n) is 3.79.